The van der Waals surface area contributed by atoms with Gasteiger partial charge in [-0.05, 0) is 25.1 Å². The summed E-state index contributed by atoms with van der Waals surface area (Å²) >= 11 is 12.6. The predicted molar refractivity (Wildman–Crippen MR) is 101 cm³/mol. The van der Waals surface area contributed by atoms with Gasteiger partial charge in [-0.3, -0.25) is 14.9 Å². The molecule has 0 saturated carbocycles. The summed E-state index contributed by atoms with van der Waals surface area (Å²) in [4.78, 5) is 12.5. The van der Waals surface area contributed by atoms with Crippen LogP contribution in [0.3, 0.4) is 0 Å². The highest BCUT2D eigenvalue weighted by molar-refractivity contribution is 6.45. The molecule has 0 amide bonds. The summed E-state index contributed by atoms with van der Waals surface area (Å²) in [6.45, 7) is 2.33. The van der Waals surface area contributed by atoms with Crippen molar-refractivity contribution in [2.24, 2.45) is 5.10 Å². The van der Waals surface area contributed by atoms with Gasteiger partial charge in [0.25, 0.3) is 0 Å². The van der Waals surface area contributed by atoms with Crippen LogP contribution >= 0.6 is 23.2 Å². The molecule has 3 aromatic rings. The van der Waals surface area contributed by atoms with Crippen LogP contribution in [0.4, 0.5) is 0 Å². The van der Waals surface area contributed by atoms with Crippen LogP contribution in [0.25, 0.3) is 10.9 Å². The van der Waals surface area contributed by atoms with Gasteiger partial charge < -0.3 is 0 Å². The number of halogens is 2. The number of fused-ring (bicyclic) bond motifs is 1. The molecule has 9 heteroatoms. The molecule has 1 aliphatic heterocycles. The summed E-state index contributed by atoms with van der Waals surface area (Å²) in [7, 11) is 0. The van der Waals surface area contributed by atoms with Crippen molar-refractivity contribution < 1.29 is 4.79 Å². The van der Waals surface area contributed by atoms with Gasteiger partial charge in [0.1, 0.15) is 0 Å². The monoisotopic (exact) mass is 388 g/mol. The first-order chi connectivity index (χ1) is 12.5. The first-order valence-corrected chi connectivity index (χ1v) is 8.58. The van der Waals surface area contributed by atoms with Gasteiger partial charge in [-0.25, -0.2) is 5.53 Å². The van der Waals surface area contributed by atoms with Crippen LogP contribution in [-0.4, -0.2) is 21.4 Å². The third-order valence-corrected chi connectivity index (χ3v) is 4.90. The number of carbonyl (C=O) groups excluding carboxylic acids is 1. The first-order valence-electron chi connectivity index (χ1n) is 7.83. The van der Waals surface area contributed by atoms with Gasteiger partial charge in [0, 0.05) is 26.6 Å². The number of hydrazone groups is 1. The summed E-state index contributed by atoms with van der Waals surface area (Å²) in [6.07, 6.45) is 0. The Kier molecular flexibility index (Phi) is 4.28. The fourth-order valence-electron chi connectivity index (χ4n) is 2.88. The van der Waals surface area contributed by atoms with Crippen LogP contribution in [-0.2, 0) is 6.54 Å². The number of rotatable bonds is 4. The highest BCUT2D eigenvalue weighted by Crippen LogP contribution is 2.27. The zero-order chi connectivity index (χ0) is 18.3. The van der Waals surface area contributed by atoms with Crippen molar-refractivity contribution in [3.8, 4) is 0 Å². The number of carbonyl (C=O) groups is 1. The van der Waals surface area contributed by atoms with Gasteiger partial charge in [0.15, 0.2) is 0 Å². The van der Waals surface area contributed by atoms with Gasteiger partial charge >= 0.3 is 0 Å². The van der Waals surface area contributed by atoms with Crippen LogP contribution in [0.15, 0.2) is 41.5 Å². The molecule has 0 unspecified atom stereocenters. The largest absolute Gasteiger partial charge is 0.285 e. The van der Waals surface area contributed by atoms with Gasteiger partial charge in [-0.15, -0.1) is 10.6 Å². The molecule has 1 aromatic heterocycles. The molecule has 132 valence electrons. The van der Waals surface area contributed by atoms with Crippen molar-refractivity contribution in [3.05, 3.63) is 63.3 Å². The van der Waals surface area contributed by atoms with Crippen LogP contribution in [0, 0.1) is 6.92 Å². The van der Waals surface area contributed by atoms with Crippen molar-refractivity contribution in [1.82, 2.24) is 26.3 Å². The van der Waals surface area contributed by atoms with E-state index >= 15 is 0 Å². The molecule has 4 rings (SSSR count). The van der Waals surface area contributed by atoms with Crippen molar-refractivity contribution in [3.63, 3.8) is 0 Å². The molecule has 0 saturated heterocycles. The summed E-state index contributed by atoms with van der Waals surface area (Å²) < 4.78 is 1.80. The lowest BCUT2D eigenvalue weighted by Crippen LogP contribution is -2.38. The standard InChI is InChI=1S/C17H14Cl2N6O/c1-9-11-6-5-10(16(26)17-20-23-24-21-17)7-15(11)25(22-9)8-12-13(18)3-2-4-14(12)19/h2-7,23-24H,8H2,1H3,(H,20,21). The number of ketones is 1. The van der Waals surface area contributed by atoms with E-state index in [0.29, 0.717) is 22.2 Å². The summed E-state index contributed by atoms with van der Waals surface area (Å²) in [5.74, 6) is -0.0353. The quantitative estimate of drug-likeness (QED) is 0.598. The normalized spacial score (nSPS) is 13.4. The highest BCUT2D eigenvalue weighted by atomic mass is 35.5. The molecule has 2 heterocycles. The maximum atomic E-state index is 12.5. The minimum Gasteiger partial charge on any atom is -0.285 e. The molecule has 0 spiro atoms. The molecule has 0 aliphatic carbocycles. The van der Waals surface area contributed by atoms with E-state index in [1.807, 2.05) is 13.0 Å². The van der Waals surface area contributed by atoms with E-state index in [-0.39, 0.29) is 11.6 Å². The molecule has 3 N–H and O–H groups in total. The Morgan fingerprint density at radius 3 is 2.65 bits per heavy atom. The average molecular weight is 389 g/mol. The fraction of sp³-hybridized carbons (Fsp3) is 0.118. The third kappa shape index (κ3) is 2.90. The van der Waals surface area contributed by atoms with E-state index < -0.39 is 0 Å². The molecule has 1 aliphatic rings. The van der Waals surface area contributed by atoms with E-state index in [0.717, 1.165) is 22.2 Å². The van der Waals surface area contributed by atoms with E-state index in [4.69, 9.17) is 23.2 Å². The lowest BCUT2D eigenvalue weighted by Gasteiger charge is -2.09. The smallest absolute Gasteiger partial charge is 0.231 e. The lowest BCUT2D eigenvalue weighted by molar-refractivity contribution is 0.106. The Morgan fingerprint density at radius 2 is 1.96 bits per heavy atom. The van der Waals surface area contributed by atoms with Crippen molar-refractivity contribution >= 4 is 45.7 Å². The summed E-state index contributed by atoms with van der Waals surface area (Å²) in [6, 6.07) is 10.8. The number of Topliss-reactive ketones (excluding diaryl/α,β-unsaturated/α-hetero) is 1. The van der Waals surface area contributed by atoms with E-state index in [1.165, 1.54) is 0 Å². The number of hydrazine groups is 2. The maximum absolute atomic E-state index is 12.5. The first kappa shape index (κ1) is 16.8. The minimum absolute atomic E-state index is 0.196. The molecule has 7 nitrogen and oxygen atoms in total. The number of aromatic nitrogens is 2. The van der Waals surface area contributed by atoms with Crippen molar-refractivity contribution in [2.75, 3.05) is 0 Å². The SMILES string of the molecule is Cc1nn(Cc2c(Cl)cccc2Cl)c2cc(C(=O)C3=NNNN3)ccc12. The number of hydrogen-bond acceptors (Lipinski definition) is 6. The van der Waals surface area contributed by atoms with Crippen LogP contribution in [0.1, 0.15) is 21.6 Å². The van der Waals surface area contributed by atoms with Crippen LogP contribution in [0.2, 0.25) is 10.0 Å². The second-order valence-corrected chi connectivity index (χ2v) is 6.64. The van der Waals surface area contributed by atoms with E-state index in [1.54, 1.807) is 35.0 Å². The molecular weight excluding hydrogens is 375 g/mol. The average Bonchev–Trinajstić information content (AvgIpc) is 3.26. The number of hydrogen-bond donors (Lipinski definition) is 3. The van der Waals surface area contributed by atoms with Gasteiger partial charge in [0.05, 0.1) is 17.8 Å². The van der Waals surface area contributed by atoms with Crippen molar-refractivity contribution in [2.45, 2.75) is 13.5 Å². The topological polar surface area (TPSA) is 83.3 Å². The Balaban J connectivity index is 1.78. The van der Waals surface area contributed by atoms with Gasteiger partial charge in [0.2, 0.25) is 11.6 Å². The highest BCUT2D eigenvalue weighted by Gasteiger charge is 2.19. The van der Waals surface area contributed by atoms with E-state index in [9.17, 15) is 4.79 Å². The number of benzene rings is 2. The van der Waals surface area contributed by atoms with Crippen molar-refractivity contribution in [1.29, 1.82) is 0 Å². The molecule has 26 heavy (non-hydrogen) atoms. The second-order valence-electron chi connectivity index (χ2n) is 5.83. The summed E-state index contributed by atoms with van der Waals surface area (Å²) in [5, 5.41) is 10.5. The zero-order valence-corrected chi connectivity index (χ0v) is 15.2. The molecule has 0 radical (unpaired) electrons. The van der Waals surface area contributed by atoms with Gasteiger partial charge in [-0.2, -0.15) is 5.10 Å². The Morgan fingerprint density at radius 1 is 1.19 bits per heavy atom. The fourth-order valence-corrected chi connectivity index (χ4v) is 3.40. The predicted octanol–water partition coefficient (Wildman–Crippen LogP) is 2.81. The Bertz CT molecular complexity index is 1040. The number of nitrogens with zero attached hydrogens (tertiary/aromatic N) is 3. The number of nitrogens with one attached hydrogen (secondary N) is 3. The van der Waals surface area contributed by atoms with Crippen LogP contribution < -0.4 is 16.5 Å². The van der Waals surface area contributed by atoms with Crippen LogP contribution in [0.5, 0.6) is 0 Å². The molecule has 0 fully saturated rings. The molecule has 0 atom stereocenters. The lowest BCUT2D eigenvalue weighted by atomic mass is 10.1. The number of aryl methyl sites for hydroxylation is 1. The maximum Gasteiger partial charge on any atom is 0.231 e. The second kappa shape index (κ2) is 6.60. The zero-order valence-electron chi connectivity index (χ0n) is 13.7. The third-order valence-electron chi connectivity index (χ3n) is 4.19. The minimum atomic E-state index is -0.231. The molecule has 0 bridgehead atoms. The number of amidine groups is 1. The Hall–Kier alpha value is -2.61. The molecule has 2 aromatic carbocycles. The van der Waals surface area contributed by atoms with Gasteiger partial charge in [-0.1, -0.05) is 41.4 Å². The molecular formula is C17H14Cl2N6O. The Labute approximate surface area is 158 Å². The van der Waals surface area contributed by atoms with E-state index in [2.05, 4.69) is 26.7 Å². The summed E-state index contributed by atoms with van der Waals surface area (Å²) in [5.41, 5.74) is 10.7.